The van der Waals surface area contributed by atoms with Gasteiger partial charge in [-0.05, 0) is 17.5 Å². The SMILES string of the molecule is CN(CC(C)(C)C)C(=O)c1ccc(F)c(F)c1F. The summed E-state index contributed by atoms with van der Waals surface area (Å²) in [6.07, 6.45) is 0. The van der Waals surface area contributed by atoms with Crippen LogP contribution in [0.2, 0.25) is 0 Å². The fourth-order valence-corrected chi connectivity index (χ4v) is 1.68. The normalized spacial score (nSPS) is 11.5. The molecule has 0 atom stereocenters. The Kier molecular flexibility index (Phi) is 4.04. The van der Waals surface area contributed by atoms with Gasteiger partial charge in [-0.1, -0.05) is 20.8 Å². The van der Waals surface area contributed by atoms with Crippen LogP contribution in [-0.2, 0) is 0 Å². The average molecular weight is 259 g/mol. The quantitative estimate of drug-likeness (QED) is 0.747. The van der Waals surface area contributed by atoms with Crippen molar-refractivity contribution in [2.24, 2.45) is 5.41 Å². The van der Waals surface area contributed by atoms with Gasteiger partial charge >= 0.3 is 0 Å². The first-order chi connectivity index (χ1) is 8.13. The summed E-state index contributed by atoms with van der Waals surface area (Å²) in [5, 5.41) is 0. The van der Waals surface area contributed by atoms with Gasteiger partial charge in [-0.2, -0.15) is 0 Å². The number of hydrogen-bond acceptors (Lipinski definition) is 1. The van der Waals surface area contributed by atoms with Gasteiger partial charge in [0.05, 0.1) is 5.56 Å². The van der Waals surface area contributed by atoms with E-state index in [-0.39, 0.29) is 5.41 Å². The Bertz CT molecular complexity index is 466. The minimum Gasteiger partial charge on any atom is -0.341 e. The zero-order valence-electron chi connectivity index (χ0n) is 10.9. The van der Waals surface area contributed by atoms with Crippen LogP contribution < -0.4 is 0 Å². The van der Waals surface area contributed by atoms with Crippen molar-refractivity contribution in [3.63, 3.8) is 0 Å². The third-order valence-electron chi connectivity index (χ3n) is 2.32. The van der Waals surface area contributed by atoms with Crippen LogP contribution in [-0.4, -0.2) is 24.4 Å². The van der Waals surface area contributed by atoms with E-state index in [1.54, 1.807) is 0 Å². The molecule has 0 aromatic heterocycles. The van der Waals surface area contributed by atoms with Crippen LogP contribution in [0.15, 0.2) is 12.1 Å². The number of hydrogen-bond donors (Lipinski definition) is 0. The van der Waals surface area contributed by atoms with Crippen molar-refractivity contribution in [1.29, 1.82) is 0 Å². The number of halogens is 3. The van der Waals surface area contributed by atoms with Crippen LogP contribution in [0.1, 0.15) is 31.1 Å². The maximum atomic E-state index is 13.4. The summed E-state index contributed by atoms with van der Waals surface area (Å²) in [5.41, 5.74) is -0.625. The second-order valence-corrected chi connectivity index (χ2v) is 5.44. The van der Waals surface area contributed by atoms with E-state index in [0.717, 1.165) is 12.1 Å². The van der Waals surface area contributed by atoms with Crippen LogP contribution in [0.25, 0.3) is 0 Å². The van der Waals surface area contributed by atoms with Crippen LogP contribution >= 0.6 is 0 Å². The molecule has 0 heterocycles. The number of amides is 1. The van der Waals surface area contributed by atoms with Crippen molar-refractivity contribution < 1.29 is 18.0 Å². The van der Waals surface area contributed by atoms with Gasteiger partial charge in [0.2, 0.25) is 0 Å². The maximum Gasteiger partial charge on any atom is 0.256 e. The van der Waals surface area contributed by atoms with Crippen LogP contribution in [0.5, 0.6) is 0 Å². The van der Waals surface area contributed by atoms with Gasteiger partial charge in [0.1, 0.15) is 0 Å². The molecular weight excluding hydrogens is 243 g/mol. The monoisotopic (exact) mass is 259 g/mol. The van der Waals surface area contributed by atoms with Crippen molar-refractivity contribution in [1.82, 2.24) is 4.90 Å². The molecule has 5 heteroatoms. The Balaban J connectivity index is 3.02. The summed E-state index contributed by atoms with van der Waals surface area (Å²) < 4.78 is 39.2. The number of rotatable bonds is 2. The average Bonchev–Trinajstić information content (AvgIpc) is 2.23. The Morgan fingerprint density at radius 2 is 1.72 bits per heavy atom. The molecule has 1 rings (SSSR count). The molecule has 0 spiro atoms. The molecule has 0 saturated heterocycles. The molecular formula is C13H16F3NO. The molecule has 100 valence electrons. The van der Waals surface area contributed by atoms with Crippen molar-refractivity contribution in [2.45, 2.75) is 20.8 Å². The number of benzene rings is 1. The lowest BCUT2D eigenvalue weighted by atomic mass is 9.96. The van der Waals surface area contributed by atoms with E-state index in [9.17, 15) is 18.0 Å². The largest absolute Gasteiger partial charge is 0.341 e. The van der Waals surface area contributed by atoms with E-state index in [0.29, 0.717) is 6.54 Å². The summed E-state index contributed by atoms with van der Waals surface area (Å²) in [6.45, 7) is 6.12. The van der Waals surface area contributed by atoms with Gasteiger partial charge in [0, 0.05) is 13.6 Å². The van der Waals surface area contributed by atoms with Gasteiger partial charge < -0.3 is 4.90 Å². The molecule has 1 aromatic carbocycles. The highest BCUT2D eigenvalue weighted by Crippen LogP contribution is 2.19. The highest BCUT2D eigenvalue weighted by atomic mass is 19.2. The predicted molar refractivity (Wildman–Crippen MR) is 62.7 cm³/mol. The number of carbonyl (C=O) groups is 1. The summed E-state index contributed by atoms with van der Waals surface area (Å²) >= 11 is 0. The van der Waals surface area contributed by atoms with Gasteiger partial charge in [-0.25, -0.2) is 13.2 Å². The van der Waals surface area contributed by atoms with E-state index in [1.165, 1.54) is 11.9 Å². The topological polar surface area (TPSA) is 20.3 Å². The van der Waals surface area contributed by atoms with Gasteiger partial charge in [-0.15, -0.1) is 0 Å². The molecule has 0 bridgehead atoms. The first-order valence-electron chi connectivity index (χ1n) is 5.52. The van der Waals surface area contributed by atoms with E-state index in [2.05, 4.69) is 0 Å². The molecule has 0 aliphatic carbocycles. The molecule has 0 saturated carbocycles. The second kappa shape index (κ2) is 5.00. The summed E-state index contributed by atoms with van der Waals surface area (Å²) in [6, 6.07) is 1.70. The lowest BCUT2D eigenvalue weighted by Gasteiger charge is -2.26. The molecule has 1 amide bonds. The Morgan fingerprint density at radius 1 is 1.17 bits per heavy atom. The highest BCUT2D eigenvalue weighted by molar-refractivity contribution is 5.94. The molecule has 0 fully saturated rings. The third kappa shape index (κ3) is 3.24. The molecule has 0 radical (unpaired) electrons. The highest BCUT2D eigenvalue weighted by Gasteiger charge is 2.24. The van der Waals surface area contributed by atoms with Crippen molar-refractivity contribution in [3.05, 3.63) is 35.1 Å². The number of carbonyl (C=O) groups excluding carboxylic acids is 1. The van der Waals surface area contributed by atoms with Gasteiger partial charge in [-0.3, -0.25) is 4.79 Å². The number of nitrogens with zero attached hydrogens (tertiary/aromatic N) is 1. The van der Waals surface area contributed by atoms with E-state index in [1.807, 2.05) is 20.8 Å². The molecule has 0 N–H and O–H groups in total. The fourth-order valence-electron chi connectivity index (χ4n) is 1.68. The zero-order chi connectivity index (χ0) is 14.1. The predicted octanol–water partition coefficient (Wildman–Crippen LogP) is 3.22. The van der Waals surface area contributed by atoms with Gasteiger partial charge in [0.15, 0.2) is 17.5 Å². The standard InChI is InChI=1S/C13H16F3NO/c1-13(2,3)7-17(4)12(18)8-5-6-9(14)11(16)10(8)15/h5-6H,7H2,1-4H3. The fraction of sp³-hybridized carbons (Fsp3) is 0.462. The molecule has 1 aromatic rings. The minimum absolute atomic E-state index is 0.167. The Hall–Kier alpha value is -1.52. The zero-order valence-corrected chi connectivity index (χ0v) is 10.9. The van der Waals surface area contributed by atoms with Crippen molar-refractivity contribution in [2.75, 3.05) is 13.6 Å². The molecule has 18 heavy (non-hydrogen) atoms. The Morgan fingerprint density at radius 3 is 2.22 bits per heavy atom. The second-order valence-electron chi connectivity index (χ2n) is 5.44. The van der Waals surface area contributed by atoms with E-state index < -0.39 is 28.9 Å². The molecule has 2 nitrogen and oxygen atoms in total. The summed E-state index contributed by atoms with van der Waals surface area (Å²) in [7, 11) is 1.49. The van der Waals surface area contributed by atoms with Crippen molar-refractivity contribution >= 4 is 5.91 Å². The summed E-state index contributed by atoms with van der Waals surface area (Å²) in [4.78, 5) is 13.2. The van der Waals surface area contributed by atoms with Crippen molar-refractivity contribution in [3.8, 4) is 0 Å². The van der Waals surface area contributed by atoms with Crippen LogP contribution in [0.4, 0.5) is 13.2 Å². The smallest absolute Gasteiger partial charge is 0.256 e. The lowest BCUT2D eigenvalue weighted by Crippen LogP contribution is -2.35. The van der Waals surface area contributed by atoms with E-state index in [4.69, 9.17) is 0 Å². The minimum atomic E-state index is -1.62. The first-order valence-corrected chi connectivity index (χ1v) is 5.52. The maximum absolute atomic E-state index is 13.4. The molecule has 0 unspecified atom stereocenters. The molecule has 0 aliphatic rings. The van der Waals surface area contributed by atoms with Crippen LogP contribution in [0.3, 0.4) is 0 Å². The third-order valence-corrected chi connectivity index (χ3v) is 2.32. The van der Waals surface area contributed by atoms with E-state index >= 15 is 0 Å². The van der Waals surface area contributed by atoms with Crippen LogP contribution in [0, 0.1) is 22.9 Å². The molecule has 0 aliphatic heterocycles. The summed E-state index contributed by atoms with van der Waals surface area (Å²) in [5.74, 6) is -5.03. The van der Waals surface area contributed by atoms with Gasteiger partial charge in [0.25, 0.3) is 5.91 Å². The lowest BCUT2D eigenvalue weighted by molar-refractivity contribution is 0.0739. The Labute approximate surface area is 104 Å². The first kappa shape index (κ1) is 14.5.